The molecular weight excluding hydrogens is 370 g/mol. The van der Waals surface area contributed by atoms with Crippen molar-refractivity contribution in [1.82, 2.24) is 4.98 Å². The first-order chi connectivity index (χ1) is 14.2. The molecule has 2 heterocycles. The summed E-state index contributed by atoms with van der Waals surface area (Å²) >= 11 is 0. The first kappa shape index (κ1) is 18.6. The van der Waals surface area contributed by atoms with E-state index in [-0.39, 0.29) is 24.6 Å². The Bertz CT molecular complexity index is 1060. The van der Waals surface area contributed by atoms with Crippen molar-refractivity contribution < 1.29 is 19.1 Å². The number of rotatable bonds is 5. The Morgan fingerprint density at radius 1 is 0.862 bits per heavy atom. The average molecular weight is 391 g/mol. The van der Waals surface area contributed by atoms with Crippen LogP contribution in [0.3, 0.4) is 0 Å². The van der Waals surface area contributed by atoms with Crippen LogP contribution in [0.15, 0.2) is 54.6 Å². The number of carbonyl (C=O) groups excluding carboxylic acids is 2. The molecule has 148 valence electrons. The highest BCUT2D eigenvalue weighted by atomic mass is 16.5. The first-order valence-electron chi connectivity index (χ1n) is 9.47. The minimum Gasteiger partial charge on any atom is -0.461 e. The molecule has 0 aliphatic carbocycles. The average Bonchev–Trinajstić information content (AvgIpc) is 3.12. The van der Waals surface area contributed by atoms with Crippen molar-refractivity contribution >= 4 is 40.4 Å². The molecular formula is C22H21N3O4. The molecule has 0 fully saturated rings. The number of esters is 2. The van der Waals surface area contributed by atoms with Gasteiger partial charge < -0.3 is 24.7 Å². The molecule has 0 amide bonds. The molecule has 0 bridgehead atoms. The minimum atomic E-state index is -0.542. The van der Waals surface area contributed by atoms with Gasteiger partial charge in [0.2, 0.25) is 0 Å². The second kappa shape index (κ2) is 7.71. The summed E-state index contributed by atoms with van der Waals surface area (Å²) in [5, 5.41) is 3.28. The highest BCUT2D eigenvalue weighted by Crippen LogP contribution is 2.51. The predicted octanol–water partition coefficient (Wildman–Crippen LogP) is 4.89. The predicted molar refractivity (Wildman–Crippen MR) is 111 cm³/mol. The van der Waals surface area contributed by atoms with E-state index in [9.17, 15) is 9.59 Å². The second-order valence-corrected chi connectivity index (χ2v) is 6.35. The van der Waals surface area contributed by atoms with Crippen LogP contribution in [0.4, 0.5) is 28.4 Å². The van der Waals surface area contributed by atoms with Gasteiger partial charge in [-0.2, -0.15) is 0 Å². The van der Waals surface area contributed by atoms with Crippen molar-refractivity contribution in [3.8, 4) is 0 Å². The number of ether oxygens (including phenoxy) is 2. The van der Waals surface area contributed by atoms with Gasteiger partial charge in [-0.05, 0) is 38.1 Å². The number of hydrogen-bond donors (Lipinski definition) is 2. The van der Waals surface area contributed by atoms with E-state index in [4.69, 9.17) is 9.47 Å². The minimum absolute atomic E-state index is 0.181. The Labute approximate surface area is 168 Å². The third kappa shape index (κ3) is 3.20. The molecule has 2 aromatic carbocycles. The Morgan fingerprint density at radius 2 is 1.48 bits per heavy atom. The van der Waals surface area contributed by atoms with Crippen molar-refractivity contribution in [2.45, 2.75) is 13.8 Å². The summed E-state index contributed by atoms with van der Waals surface area (Å²) < 4.78 is 10.4. The number of nitrogens with one attached hydrogen (secondary N) is 2. The fourth-order valence-corrected chi connectivity index (χ4v) is 3.42. The fourth-order valence-electron chi connectivity index (χ4n) is 3.42. The number of anilines is 5. The second-order valence-electron chi connectivity index (χ2n) is 6.35. The monoisotopic (exact) mass is 391 g/mol. The molecule has 2 N–H and O–H groups in total. The van der Waals surface area contributed by atoms with E-state index >= 15 is 0 Å². The van der Waals surface area contributed by atoms with Crippen LogP contribution < -0.4 is 10.2 Å². The molecule has 0 spiro atoms. The number of para-hydroxylation sites is 3. The van der Waals surface area contributed by atoms with Gasteiger partial charge in [-0.25, -0.2) is 9.59 Å². The topological polar surface area (TPSA) is 83.7 Å². The number of H-pyrrole nitrogens is 1. The largest absolute Gasteiger partial charge is 0.461 e. The maximum atomic E-state index is 12.7. The Morgan fingerprint density at radius 3 is 2.17 bits per heavy atom. The molecule has 7 heteroatoms. The van der Waals surface area contributed by atoms with Crippen LogP contribution in [0.1, 0.15) is 34.8 Å². The van der Waals surface area contributed by atoms with Gasteiger partial charge in [0.25, 0.3) is 0 Å². The highest BCUT2D eigenvalue weighted by Gasteiger charge is 2.35. The van der Waals surface area contributed by atoms with E-state index in [0.29, 0.717) is 11.4 Å². The summed E-state index contributed by atoms with van der Waals surface area (Å²) in [4.78, 5) is 30.2. The molecule has 0 unspecified atom stereocenters. The molecule has 0 atom stereocenters. The summed E-state index contributed by atoms with van der Waals surface area (Å²) in [6.07, 6.45) is 0. The molecule has 1 aliphatic rings. The summed E-state index contributed by atoms with van der Waals surface area (Å²) in [7, 11) is 0. The van der Waals surface area contributed by atoms with Crippen molar-refractivity contribution in [3.63, 3.8) is 0 Å². The van der Waals surface area contributed by atoms with E-state index in [1.165, 1.54) is 0 Å². The lowest BCUT2D eigenvalue weighted by atomic mass is 10.1. The van der Waals surface area contributed by atoms with Crippen molar-refractivity contribution in [2.75, 3.05) is 23.4 Å². The lowest BCUT2D eigenvalue weighted by Gasteiger charge is -2.32. The van der Waals surface area contributed by atoms with Gasteiger partial charge in [-0.15, -0.1) is 0 Å². The molecule has 3 aromatic rings. The molecule has 7 nitrogen and oxygen atoms in total. The number of nitrogens with zero attached hydrogens (tertiary/aromatic N) is 1. The van der Waals surface area contributed by atoms with E-state index in [0.717, 1.165) is 17.1 Å². The Kier molecular flexibility index (Phi) is 4.95. The highest BCUT2D eigenvalue weighted by molar-refractivity contribution is 6.12. The molecule has 1 aromatic heterocycles. The van der Waals surface area contributed by atoms with E-state index in [2.05, 4.69) is 10.3 Å². The van der Waals surface area contributed by atoms with Crippen molar-refractivity contribution in [1.29, 1.82) is 0 Å². The number of benzene rings is 2. The normalized spacial score (nSPS) is 11.9. The van der Waals surface area contributed by atoms with E-state index in [1.54, 1.807) is 13.8 Å². The first-order valence-corrected chi connectivity index (χ1v) is 9.47. The SMILES string of the molecule is CCOC(=O)c1[nH]c(C(=O)OCC)c2c1Nc1ccccc1N2c1ccccc1. The zero-order chi connectivity index (χ0) is 20.4. The Balaban J connectivity index is 1.98. The molecule has 4 rings (SSSR count). The summed E-state index contributed by atoms with van der Waals surface area (Å²) in [6.45, 7) is 3.91. The molecule has 0 saturated heterocycles. The van der Waals surface area contributed by atoms with Gasteiger partial charge in [-0.3, -0.25) is 0 Å². The molecule has 0 radical (unpaired) electrons. The zero-order valence-corrected chi connectivity index (χ0v) is 16.2. The van der Waals surface area contributed by atoms with Gasteiger partial charge in [-0.1, -0.05) is 30.3 Å². The zero-order valence-electron chi connectivity index (χ0n) is 16.2. The van der Waals surface area contributed by atoms with Crippen molar-refractivity contribution in [3.05, 3.63) is 66.0 Å². The van der Waals surface area contributed by atoms with E-state index < -0.39 is 11.9 Å². The number of hydrogen-bond acceptors (Lipinski definition) is 6. The maximum Gasteiger partial charge on any atom is 0.357 e. The van der Waals surface area contributed by atoms with Crippen LogP contribution in [0.2, 0.25) is 0 Å². The number of carbonyl (C=O) groups is 2. The molecule has 0 saturated carbocycles. The standard InChI is InChI=1S/C22H21N3O4/c1-3-28-21(26)18-17-20(19(24-18)22(27)29-4-2)25(14-10-6-5-7-11-14)16-13-9-8-12-15(16)23-17/h5-13,23-24H,3-4H2,1-2H3. The van der Waals surface area contributed by atoms with Gasteiger partial charge in [0.05, 0.1) is 30.3 Å². The van der Waals surface area contributed by atoms with Crippen LogP contribution in [0.25, 0.3) is 0 Å². The van der Waals surface area contributed by atoms with Gasteiger partial charge in [0, 0.05) is 5.69 Å². The van der Waals surface area contributed by atoms with Gasteiger partial charge >= 0.3 is 11.9 Å². The summed E-state index contributed by atoms with van der Waals surface area (Å²) in [6, 6.07) is 17.3. The van der Waals surface area contributed by atoms with Gasteiger partial charge in [0.1, 0.15) is 5.69 Å². The van der Waals surface area contributed by atoms with Crippen LogP contribution in [-0.4, -0.2) is 30.1 Å². The molecule has 1 aliphatic heterocycles. The quantitative estimate of drug-likeness (QED) is 0.471. The molecule has 29 heavy (non-hydrogen) atoms. The maximum absolute atomic E-state index is 12.7. The summed E-state index contributed by atoms with van der Waals surface area (Å²) in [5.74, 6) is -1.08. The van der Waals surface area contributed by atoms with Crippen LogP contribution in [-0.2, 0) is 9.47 Å². The Hall–Kier alpha value is -3.74. The summed E-state index contributed by atoms with van der Waals surface area (Å²) in [5.41, 5.74) is 3.89. The van der Waals surface area contributed by atoms with E-state index in [1.807, 2.05) is 59.5 Å². The number of aromatic nitrogens is 1. The third-order valence-electron chi connectivity index (χ3n) is 4.58. The lowest BCUT2D eigenvalue weighted by molar-refractivity contribution is 0.0517. The smallest absolute Gasteiger partial charge is 0.357 e. The third-order valence-corrected chi connectivity index (χ3v) is 4.58. The number of aromatic amines is 1. The number of fused-ring (bicyclic) bond motifs is 2. The van der Waals surface area contributed by atoms with Crippen LogP contribution in [0, 0.1) is 0 Å². The van der Waals surface area contributed by atoms with Crippen molar-refractivity contribution in [2.24, 2.45) is 0 Å². The van der Waals surface area contributed by atoms with Crippen LogP contribution >= 0.6 is 0 Å². The fraction of sp³-hybridized carbons (Fsp3) is 0.182. The van der Waals surface area contributed by atoms with Crippen LogP contribution in [0.5, 0.6) is 0 Å². The lowest BCUT2D eigenvalue weighted by Crippen LogP contribution is -2.20. The van der Waals surface area contributed by atoms with Gasteiger partial charge in [0.15, 0.2) is 11.4 Å².